The Morgan fingerprint density at radius 2 is 2.16 bits per heavy atom. The predicted molar refractivity (Wildman–Crippen MR) is 73.3 cm³/mol. The molecule has 0 bridgehead atoms. The lowest BCUT2D eigenvalue weighted by molar-refractivity contribution is -0.138. The quantitative estimate of drug-likeness (QED) is 0.772. The molecular weight excluding hydrogens is 266 g/mol. The van der Waals surface area contributed by atoms with E-state index < -0.39 is 17.5 Å². The van der Waals surface area contributed by atoms with Gasteiger partial charge in [0.25, 0.3) is 0 Å². The van der Waals surface area contributed by atoms with Gasteiger partial charge in [-0.05, 0) is 27.7 Å². The van der Waals surface area contributed by atoms with Crippen molar-refractivity contribution in [2.75, 3.05) is 0 Å². The maximum Gasteiger partial charge on any atom is 0.315 e. The minimum atomic E-state index is -0.950. The summed E-state index contributed by atoms with van der Waals surface area (Å²) in [6.45, 7) is 7.11. The van der Waals surface area contributed by atoms with Crippen LogP contribution in [0.4, 0.5) is 4.79 Å². The summed E-state index contributed by atoms with van der Waals surface area (Å²) in [6.07, 6.45) is 1.62. The van der Waals surface area contributed by atoms with E-state index in [1.165, 1.54) is 11.3 Å². The van der Waals surface area contributed by atoms with E-state index in [2.05, 4.69) is 15.6 Å². The van der Waals surface area contributed by atoms with E-state index in [0.29, 0.717) is 0 Å². The highest BCUT2D eigenvalue weighted by Gasteiger charge is 2.24. The molecule has 6 nitrogen and oxygen atoms in total. The molecule has 1 aromatic rings. The first-order chi connectivity index (χ1) is 8.69. The third-order valence-electron chi connectivity index (χ3n) is 2.40. The number of amides is 2. The van der Waals surface area contributed by atoms with Crippen LogP contribution in [0, 0.1) is 6.92 Å². The standard InChI is InChI=1S/C12H19N3O3S/c1-7-6-13-10(19-7)8(2)14-11(18)15-12(3,4)5-9(16)17/h6,8H,5H2,1-4H3,(H,16,17)(H2,14,15,18). The normalized spacial score (nSPS) is 12.8. The number of carbonyl (C=O) groups excluding carboxylic acids is 1. The molecule has 0 aliphatic carbocycles. The summed E-state index contributed by atoms with van der Waals surface area (Å²) in [6, 6.07) is -0.606. The Labute approximate surface area is 116 Å². The second kappa shape index (κ2) is 6.01. The zero-order valence-corrected chi connectivity index (χ0v) is 12.3. The van der Waals surface area contributed by atoms with E-state index in [0.717, 1.165) is 9.88 Å². The van der Waals surface area contributed by atoms with Crippen LogP contribution in [-0.2, 0) is 4.79 Å². The molecule has 3 N–H and O–H groups in total. The number of carbonyl (C=O) groups is 2. The van der Waals surface area contributed by atoms with Crippen molar-refractivity contribution < 1.29 is 14.7 Å². The van der Waals surface area contributed by atoms with Crippen molar-refractivity contribution in [3.05, 3.63) is 16.1 Å². The molecule has 1 heterocycles. The van der Waals surface area contributed by atoms with Crippen molar-refractivity contribution in [1.29, 1.82) is 0 Å². The number of urea groups is 1. The molecule has 0 saturated heterocycles. The molecule has 0 radical (unpaired) electrons. The van der Waals surface area contributed by atoms with Gasteiger partial charge in [-0.1, -0.05) is 0 Å². The number of aromatic nitrogens is 1. The summed E-state index contributed by atoms with van der Waals surface area (Å²) in [5, 5.41) is 15.0. The van der Waals surface area contributed by atoms with Crippen molar-refractivity contribution in [3.8, 4) is 0 Å². The first-order valence-corrected chi connectivity index (χ1v) is 6.74. The Balaban J connectivity index is 2.53. The van der Waals surface area contributed by atoms with Gasteiger partial charge in [-0.15, -0.1) is 11.3 Å². The summed E-state index contributed by atoms with van der Waals surface area (Å²) in [5.74, 6) is -0.950. The first-order valence-electron chi connectivity index (χ1n) is 5.92. The number of hydrogen-bond acceptors (Lipinski definition) is 4. The van der Waals surface area contributed by atoms with Gasteiger partial charge >= 0.3 is 12.0 Å². The largest absolute Gasteiger partial charge is 0.481 e. The average molecular weight is 285 g/mol. The molecule has 0 aliphatic heterocycles. The van der Waals surface area contributed by atoms with E-state index >= 15 is 0 Å². The SMILES string of the molecule is Cc1cnc(C(C)NC(=O)NC(C)(C)CC(=O)O)s1. The molecule has 19 heavy (non-hydrogen) atoms. The Morgan fingerprint density at radius 3 is 2.63 bits per heavy atom. The number of nitrogens with one attached hydrogen (secondary N) is 2. The fourth-order valence-electron chi connectivity index (χ4n) is 1.60. The van der Waals surface area contributed by atoms with Crippen LogP contribution < -0.4 is 10.6 Å². The van der Waals surface area contributed by atoms with Gasteiger partial charge in [-0.25, -0.2) is 9.78 Å². The first kappa shape index (κ1) is 15.4. The highest BCUT2D eigenvalue weighted by molar-refractivity contribution is 7.11. The maximum atomic E-state index is 11.8. The lowest BCUT2D eigenvalue weighted by Crippen LogP contribution is -2.49. The van der Waals surface area contributed by atoms with E-state index in [-0.39, 0.29) is 12.5 Å². The van der Waals surface area contributed by atoms with Gasteiger partial charge in [0.15, 0.2) is 0 Å². The number of thiazole rings is 1. The maximum absolute atomic E-state index is 11.8. The van der Waals surface area contributed by atoms with Crippen molar-refractivity contribution in [1.82, 2.24) is 15.6 Å². The van der Waals surface area contributed by atoms with Crippen molar-refractivity contribution in [2.45, 2.75) is 45.7 Å². The smallest absolute Gasteiger partial charge is 0.315 e. The molecule has 0 aliphatic rings. The number of aliphatic carboxylic acids is 1. The van der Waals surface area contributed by atoms with Crippen molar-refractivity contribution >= 4 is 23.3 Å². The van der Waals surface area contributed by atoms with Gasteiger partial charge in [-0.3, -0.25) is 4.79 Å². The number of aryl methyl sites for hydroxylation is 1. The van der Waals surface area contributed by atoms with Crippen LogP contribution >= 0.6 is 11.3 Å². The summed E-state index contributed by atoms with van der Waals surface area (Å²) in [4.78, 5) is 27.7. The second-order valence-corrected chi connectivity index (χ2v) is 6.35. The van der Waals surface area contributed by atoms with Gasteiger partial charge < -0.3 is 15.7 Å². The van der Waals surface area contributed by atoms with E-state index in [1.54, 1.807) is 20.0 Å². The van der Waals surface area contributed by atoms with E-state index in [9.17, 15) is 9.59 Å². The van der Waals surface area contributed by atoms with Crippen LogP contribution in [0.2, 0.25) is 0 Å². The zero-order chi connectivity index (χ0) is 14.6. The van der Waals surface area contributed by atoms with Gasteiger partial charge in [-0.2, -0.15) is 0 Å². The van der Waals surface area contributed by atoms with Crippen LogP contribution in [0.25, 0.3) is 0 Å². The molecule has 1 atom stereocenters. The average Bonchev–Trinajstić information content (AvgIpc) is 2.61. The minimum Gasteiger partial charge on any atom is -0.481 e. The second-order valence-electron chi connectivity index (χ2n) is 5.08. The van der Waals surface area contributed by atoms with Crippen molar-refractivity contribution in [2.24, 2.45) is 0 Å². The fourth-order valence-corrected chi connectivity index (χ4v) is 2.37. The fraction of sp³-hybridized carbons (Fsp3) is 0.583. The molecule has 106 valence electrons. The summed E-state index contributed by atoms with van der Waals surface area (Å²) in [7, 11) is 0. The molecule has 0 saturated carbocycles. The molecule has 1 unspecified atom stereocenters. The third kappa shape index (κ3) is 5.25. The monoisotopic (exact) mass is 285 g/mol. The van der Waals surface area contributed by atoms with Gasteiger partial charge in [0, 0.05) is 16.6 Å². The lowest BCUT2D eigenvalue weighted by Gasteiger charge is -2.25. The molecular formula is C12H19N3O3S. The highest BCUT2D eigenvalue weighted by Crippen LogP contribution is 2.19. The van der Waals surface area contributed by atoms with Crippen LogP contribution in [0.1, 0.15) is 43.1 Å². The number of carboxylic acid groups (broad SMARTS) is 1. The predicted octanol–water partition coefficient (Wildman–Crippen LogP) is 2.07. The Morgan fingerprint density at radius 1 is 1.53 bits per heavy atom. The van der Waals surface area contributed by atoms with E-state index in [1.807, 2.05) is 13.8 Å². The van der Waals surface area contributed by atoms with Crippen molar-refractivity contribution in [3.63, 3.8) is 0 Å². The zero-order valence-electron chi connectivity index (χ0n) is 11.5. The molecule has 1 rings (SSSR count). The highest BCUT2D eigenvalue weighted by atomic mass is 32.1. The van der Waals surface area contributed by atoms with Gasteiger partial charge in [0.1, 0.15) is 5.01 Å². The van der Waals surface area contributed by atoms with Crippen LogP contribution in [0.5, 0.6) is 0 Å². The molecule has 7 heteroatoms. The van der Waals surface area contributed by atoms with Gasteiger partial charge in [0.05, 0.1) is 12.5 Å². The topological polar surface area (TPSA) is 91.3 Å². The van der Waals surface area contributed by atoms with E-state index in [4.69, 9.17) is 5.11 Å². The van der Waals surface area contributed by atoms with Crippen LogP contribution in [0.15, 0.2) is 6.20 Å². The van der Waals surface area contributed by atoms with Crippen LogP contribution in [0.3, 0.4) is 0 Å². The molecule has 2 amide bonds. The molecule has 0 aromatic carbocycles. The lowest BCUT2D eigenvalue weighted by atomic mass is 10.0. The molecule has 0 fully saturated rings. The Bertz CT molecular complexity index is 471. The minimum absolute atomic E-state index is 0.134. The van der Waals surface area contributed by atoms with Gasteiger partial charge in [0.2, 0.25) is 0 Å². The molecule has 1 aromatic heterocycles. The number of rotatable bonds is 5. The molecule has 0 spiro atoms. The Hall–Kier alpha value is -1.63. The third-order valence-corrected chi connectivity index (χ3v) is 3.50. The number of carboxylic acids is 1. The summed E-state index contributed by atoms with van der Waals surface area (Å²) < 4.78 is 0. The summed E-state index contributed by atoms with van der Waals surface area (Å²) in [5.41, 5.74) is -0.797. The number of nitrogens with zero attached hydrogens (tertiary/aromatic N) is 1. The summed E-state index contributed by atoms with van der Waals surface area (Å²) >= 11 is 1.52. The number of hydrogen-bond donors (Lipinski definition) is 3. The van der Waals surface area contributed by atoms with Crippen LogP contribution in [-0.4, -0.2) is 27.6 Å². The Kier molecular flexibility index (Phi) is 4.88.